The van der Waals surface area contributed by atoms with E-state index < -0.39 is 0 Å². The molecular weight excluding hydrogens is 296 g/mol. The van der Waals surface area contributed by atoms with E-state index in [2.05, 4.69) is 0 Å². The summed E-state index contributed by atoms with van der Waals surface area (Å²) >= 11 is 0. The first-order chi connectivity index (χ1) is 9.53. The summed E-state index contributed by atoms with van der Waals surface area (Å²) in [5, 5.41) is 0. The van der Waals surface area contributed by atoms with Crippen molar-refractivity contribution in [2.75, 3.05) is 25.7 Å². The molecule has 0 saturated heterocycles. The van der Waals surface area contributed by atoms with E-state index in [1.165, 1.54) is 14.2 Å². The zero-order valence-electron chi connectivity index (χ0n) is 12.1. The topological polar surface area (TPSA) is 52.6 Å². The zero-order chi connectivity index (χ0) is 14.6. The summed E-state index contributed by atoms with van der Waals surface area (Å²) in [5.74, 6) is 1.80. The molecule has 0 spiro atoms. The Bertz CT molecular complexity index is 339. The average Bonchev–Trinajstić information content (AvgIpc) is 3.34. The van der Waals surface area contributed by atoms with Crippen LogP contribution in [0.3, 0.4) is 0 Å². The van der Waals surface area contributed by atoms with Crippen LogP contribution < -0.4 is 0 Å². The van der Waals surface area contributed by atoms with Crippen LogP contribution in [-0.4, -0.2) is 37.7 Å². The molecule has 2 rings (SSSR count). The van der Waals surface area contributed by atoms with Crippen molar-refractivity contribution in [3.63, 3.8) is 0 Å². The number of hydrogen-bond acceptors (Lipinski definition) is 6. The third-order valence-corrected chi connectivity index (χ3v) is 7.06. The highest BCUT2D eigenvalue weighted by Crippen LogP contribution is 2.56. The number of methoxy groups -OCH3 is 2. The summed E-state index contributed by atoms with van der Waals surface area (Å²) in [6, 6.07) is 0. The van der Waals surface area contributed by atoms with Gasteiger partial charge >= 0.3 is 11.9 Å². The molecule has 0 unspecified atom stereocenters. The van der Waals surface area contributed by atoms with Crippen LogP contribution in [0.15, 0.2) is 0 Å². The van der Waals surface area contributed by atoms with E-state index in [4.69, 9.17) is 9.47 Å². The van der Waals surface area contributed by atoms with Crippen molar-refractivity contribution in [2.45, 2.75) is 38.5 Å². The van der Waals surface area contributed by atoms with Gasteiger partial charge < -0.3 is 9.47 Å². The maximum absolute atomic E-state index is 11.3. The van der Waals surface area contributed by atoms with Crippen molar-refractivity contribution in [2.24, 2.45) is 10.8 Å². The summed E-state index contributed by atoms with van der Waals surface area (Å²) in [6.07, 6.45) is 5.60. The molecule has 0 N–H and O–H groups in total. The predicted octanol–water partition coefficient (Wildman–Crippen LogP) is 3.05. The monoisotopic (exact) mass is 318 g/mol. The van der Waals surface area contributed by atoms with Gasteiger partial charge in [0, 0.05) is 11.5 Å². The number of hydrogen-bond donors (Lipinski definition) is 0. The molecule has 0 aromatic carbocycles. The maximum atomic E-state index is 11.3. The molecule has 0 aliphatic heterocycles. The first-order valence-electron chi connectivity index (χ1n) is 6.91. The van der Waals surface area contributed by atoms with E-state index in [0.717, 1.165) is 37.2 Å². The Kier molecular flexibility index (Phi) is 5.29. The molecule has 0 amide bonds. The normalized spacial score (nSPS) is 21.1. The fourth-order valence-corrected chi connectivity index (χ4v) is 5.64. The second-order valence-corrected chi connectivity index (χ2v) is 8.49. The van der Waals surface area contributed by atoms with Gasteiger partial charge in [0.2, 0.25) is 0 Å². The molecule has 0 bridgehead atoms. The molecule has 2 fully saturated rings. The molecule has 0 aromatic rings. The molecule has 6 heteroatoms. The van der Waals surface area contributed by atoms with Gasteiger partial charge in [0.05, 0.1) is 27.1 Å². The first kappa shape index (κ1) is 16.0. The van der Waals surface area contributed by atoms with Crippen molar-refractivity contribution >= 4 is 33.5 Å². The number of esters is 2. The van der Waals surface area contributed by atoms with E-state index >= 15 is 0 Å². The lowest BCUT2D eigenvalue weighted by molar-refractivity contribution is -0.142. The molecule has 0 heterocycles. The van der Waals surface area contributed by atoms with Crippen molar-refractivity contribution < 1.29 is 19.1 Å². The molecule has 2 aliphatic carbocycles. The summed E-state index contributed by atoms with van der Waals surface area (Å²) in [4.78, 5) is 22.7. The van der Waals surface area contributed by atoms with Crippen LogP contribution in [0.2, 0.25) is 0 Å². The number of ether oxygens (including phenoxy) is 2. The van der Waals surface area contributed by atoms with Gasteiger partial charge in [0.15, 0.2) is 0 Å². The number of carbonyl (C=O) groups is 2. The SMILES string of the molecule is COC(=O)CC1(CSSCC2(CC(=O)OC)CC2)CC1. The van der Waals surface area contributed by atoms with Crippen LogP contribution in [0.1, 0.15) is 38.5 Å². The van der Waals surface area contributed by atoms with E-state index in [1.807, 2.05) is 21.6 Å². The zero-order valence-corrected chi connectivity index (χ0v) is 13.7. The Morgan fingerprint density at radius 3 is 1.45 bits per heavy atom. The van der Waals surface area contributed by atoms with Gasteiger partial charge in [-0.05, 0) is 36.5 Å². The summed E-state index contributed by atoms with van der Waals surface area (Å²) in [5.41, 5.74) is 0.369. The lowest BCUT2D eigenvalue weighted by Crippen LogP contribution is -2.14. The number of carbonyl (C=O) groups excluding carboxylic acids is 2. The highest BCUT2D eigenvalue weighted by molar-refractivity contribution is 8.76. The minimum absolute atomic E-state index is 0.0996. The largest absolute Gasteiger partial charge is 0.469 e. The van der Waals surface area contributed by atoms with Crippen LogP contribution in [-0.2, 0) is 19.1 Å². The Morgan fingerprint density at radius 1 is 0.850 bits per heavy atom. The Hall–Kier alpha value is -0.360. The fourth-order valence-electron chi connectivity index (χ4n) is 2.19. The van der Waals surface area contributed by atoms with Crippen molar-refractivity contribution in [3.05, 3.63) is 0 Å². The predicted molar refractivity (Wildman–Crippen MR) is 81.5 cm³/mol. The van der Waals surface area contributed by atoms with E-state index in [1.54, 1.807) is 0 Å². The molecule has 2 saturated carbocycles. The van der Waals surface area contributed by atoms with Crippen molar-refractivity contribution in [3.8, 4) is 0 Å². The maximum Gasteiger partial charge on any atom is 0.306 e. The fraction of sp³-hybridized carbons (Fsp3) is 0.857. The summed E-state index contributed by atoms with van der Waals surface area (Å²) in [7, 11) is 6.56. The molecule has 4 nitrogen and oxygen atoms in total. The van der Waals surface area contributed by atoms with Gasteiger partial charge in [-0.3, -0.25) is 9.59 Å². The highest BCUT2D eigenvalue weighted by Gasteiger charge is 2.46. The standard InChI is InChI=1S/C14H22O4S2/c1-17-11(15)7-13(3-4-13)9-19-20-10-14(5-6-14)8-12(16)18-2/h3-10H2,1-2H3. The summed E-state index contributed by atoms with van der Waals surface area (Å²) < 4.78 is 9.49. The van der Waals surface area contributed by atoms with Gasteiger partial charge in [-0.25, -0.2) is 0 Å². The second kappa shape index (κ2) is 6.60. The van der Waals surface area contributed by atoms with Gasteiger partial charge in [-0.1, -0.05) is 21.6 Å². The quantitative estimate of drug-likeness (QED) is 0.370. The van der Waals surface area contributed by atoms with Gasteiger partial charge in [0.25, 0.3) is 0 Å². The van der Waals surface area contributed by atoms with Crippen molar-refractivity contribution in [1.29, 1.82) is 0 Å². The highest BCUT2D eigenvalue weighted by atomic mass is 33.1. The summed E-state index contributed by atoms with van der Waals surface area (Å²) in [6.45, 7) is 0. The third kappa shape index (κ3) is 4.58. The van der Waals surface area contributed by atoms with Crippen LogP contribution >= 0.6 is 21.6 Å². The Morgan fingerprint density at radius 2 is 1.20 bits per heavy atom. The van der Waals surface area contributed by atoms with E-state index in [0.29, 0.717) is 12.8 Å². The minimum Gasteiger partial charge on any atom is -0.469 e. The smallest absolute Gasteiger partial charge is 0.306 e. The van der Waals surface area contributed by atoms with Gasteiger partial charge in [0.1, 0.15) is 0 Å². The van der Waals surface area contributed by atoms with E-state index in [-0.39, 0.29) is 22.8 Å². The van der Waals surface area contributed by atoms with Crippen LogP contribution in [0.5, 0.6) is 0 Å². The van der Waals surface area contributed by atoms with E-state index in [9.17, 15) is 9.59 Å². The molecule has 0 atom stereocenters. The lowest BCUT2D eigenvalue weighted by Gasteiger charge is -2.15. The van der Waals surface area contributed by atoms with Gasteiger partial charge in [-0.15, -0.1) is 0 Å². The molecule has 2 aliphatic rings. The molecule has 20 heavy (non-hydrogen) atoms. The van der Waals surface area contributed by atoms with Crippen LogP contribution in [0.25, 0.3) is 0 Å². The molecule has 0 radical (unpaired) electrons. The van der Waals surface area contributed by atoms with Crippen LogP contribution in [0, 0.1) is 10.8 Å². The number of rotatable bonds is 9. The van der Waals surface area contributed by atoms with Crippen LogP contribution in [0.4, 0.5) is 0 Å². The molecule has 114 valence electrons. The minimum atomic E-state index is -0.0996. The molecule has 0 aromatic heterocycles. The van der Waals surface area contributed by atoms with Crippen molar-refractivity contribution in [1.82, 2.24) is 0 Å². The molecular formula is C14H22O4S2. The average molecular weight is 318 g/mol. The second-order valence-electron chi connectivity index (χ2n) is 6.03. The lowest BCUT2D eigenvalue weighted by atomic mass is 10.1. The van der Waals surface area contributed by atoms with Gasteiger partial charge in [-0.2, -0.15) is 0 Å². The first-order valence-corrected chi connectivity index (χ1v) is 9.40. The Balaban J connectivity index is 1.62. The Labute approximate surface area is 128 Å². The third-order valence-electron chi connectivity index (χ3n) is 4.22.